The molecule has 2 amide bonds. The summed E-state index contributed by atoms with van der Waals surface area (Å²) in [6.45, 7) is 9.72. The summed E-state index contributed by atoms with van der Waals surface area (Å²) in [6, 6.07) is 13.6. The van der Waals surface area contributed by atoms with Gasteiger partial charge in [-0.15, -0.1) is 0 Å². The molecular weight excluding hydrogens is 654 g/mol. The Hall–Kier alpha value is -5.09. The van der Waals surface area contributed by atoms with Crippen LogP contribution in [0, 0.1) is 10.1 Å². The summed E-state index contributed by atoms with van der Waals surface area (Å²) in [5.41, 5.74) is 0.272. The summed E-state index contributed by atoms with van der Waals surface area (Å²) in [5.74, 6) is 0.258. The van der Waals surface area contributed by atoms with Crippen molar-refractivity contribution < 1.29 is 32.4 Å². The Morgan fingerprint density at radius 1 is 0.878 bits per heavy atom. The Kier molecular flexibility index (Phi) is 9.65. The fourth-order valence-corrected chi connectivity index (χ4v) is 6.59. The molecule has 0 atom stereocenters. The molecule has 16 heteroatoms. The third-order valence-corrected chi connectivity index (χ3v) is 9.21. The van der Waals surface area contributed by atoms with Gasteiger partial charge in [-0.25, -0.2) is 27.5 Å². The van der Waals surface area contributed by atoms with E-state index in [2.05, 4.69) is 5.10 Å². The Labute approximate surface area is 284 Å². The minimum absolute atomic E-state index is 0.0772. The fourth-order valence-electron chi connectivity index (χ4n) is 5.14. The summed E-state index contributed by atoms with van der Waals surface area (Å²) in [6.07, 6.45) is 1.87. The van der Waals surface area contributed by atoms with Crippen LogP contribution in [0.1, 0.15) is 47.1 Å². The van der Waals surface area contributed by atoms with Crippen LogP contribution in [0.3, 0.4) is 0 Å². The van der Waals surface area contributed by atoms with Crippen LogP contribution in [0.2, 0.25) is 0 Å². The molecule has 0 spiro atoms. The van der Waals surface area contributed by atoms with Crippen LogP contribution in [-0.4, -0.2) is 86.7 Å². The lowest BCUT2D eigenvalue weighted by atomic mass is 10.1. The maximum atomic E-state index is 14.1. The Morgan fingerprint density at radius 3 is 2.24 bits per heavy atom. The maximum absolute atomic E-state index is 14.1. The van der Waals surface area contributed by atoms with Gasteiger partial charge in [0.25, 0.3) is 5.69 Å². The summed E-state index contributed by atoms with van der Waals surface area (Å²) in [4.78, 5) is 45.2. The number of non-ortho nitro benzene ring substituents is 1. The smallest absolute Gasteiger partial charge is 0.416 e. The topological polar surface area (TPSA) is 170 Å². The number of nitrogens with zero attached hydrogens (tertiary/aromatic N) is 7. The van der Waals surface area contributed by atoms with Gasteiger partial charge >= 0.3 is 12.2 Å². The number of benzene rings is 2. The SMILES string of the molecule is CC(C)(C)OC(=O)N1CCN(C(=O)OC(C)(C)C)c2ccn3ncc(c3n2)-c2cccc(c2)CN(S(=O)(=O)c2cccc([N+](=O)[O-])c2)CC1. The molecule has 4 aromatic rings. The van der Waals surface area contributed by atoms with Crippen molar-refractivity contribution in [1.82, 2.24) is 23.8 Å². The van der Waals surface area contributed by atoms with E-state index in [0.717, 1.165) is 6.07 Å². The quantitative estimate of drug-likeness (QED) is 0.198. The number of sulfonamides is 1. The third-order valence-electron chi connectivity index (χ3n) is 7.37. The van der Waals surface area contributed by atoms with E-state index in [1.165, 1.54) is 32.3 Å². The molecule has 0 unspecified atom stereocenters. The van der Waals surface area contributed by atoms with Gasteiger partial charge in [0.15, 0.2) is 5.65 Å². The summed E-state index contributed by atoms with van der Waals surface area (Å²) in [5, 5.41) is 15.9. The van der Waals surface area contributed by atoms with Crippen LogP contribution in [-0.2, 0) is 26.0 Å². The first-order valence-electron chi connectivity index (χ1n) is 15.6. The van der Waals surface area contributed by atoms with Crippen molar-refractivity contribution in [2.75, 3.05) is 31.1 Å². The molecule has 49 heavy (non-hydrogen) atoms. The van der Waals surface area contributed by atoms with Crippen molar-refractivity contribution in [3.63, 3.8) is 0 Å². The van der Waals surface area contributed by atoms with Gasteiger partial charge in [0.2, 0.25) is 10.0 Å². The van der Waals surface area contributed by atoms with E-state index in [9.17, 15) is 28.1 Å². The van der Waals surface area contributed by atoms with E-state index < -0.39 is 38.3 Å². The van der Waals surface area contributed by atoms with Gasteiger partial charge in [-0.3, -0.25) is 15.0 Å². The van der Waals surface area contributed by atoms with Gasteiger partial charge in [-0.05, 0) is 70.9 Å². The Bertz CT molecular complexity index is 2000. The first kappa shape index (κ1) is 35.2. The molecular formula is C33H39N7O8S. The second kappa shape index (κ2) is 13.4. The van der Waals surface area contributed by atoms with E-state index in [0.29, 0.717) is 22.3 Å². The molecule has 0 saturated heterocycles. The number of hydrogen-bond donors (Lipinski definition) is 0. The number of fused-ring (bicyclic) bond motifs is 4. The lowest BCUT2D eigenvalue weighted by Crippen LogP contribution is -2.47. The number of rotatable bonds is 3. The van der Waals surface area contributed by atoms with E-state index in [1.807, 2.05) is 6.07 Å². The zero-order valence-corrected chi connectivity index (χ0v) is 29.0. The van der Waals surface area contributed by atoms with Crippen molar-refractivity contribution in [3.8, 4) is 11.1 Å². The molecule has 0 fully saturated rings. The molecule has 0 aliphatic carbocycles. The van der Waals surface area contributed by atoms with Crippen molar-refractivity contribution in [1.29, 1.82) is 0 Å². The average molecular weight is 694 g/mol. The fraction of sp³-hybridized carbons (Fsp3) is 0.394. The first-order valence-corrected chi connectivity index (χ1v) is 17.0. The zero-order valence-electron chi connectivity index (χ0n) is 28.2. The van der Waals surface area contributed by atoms with Gasteiger partial charge in [0.1, 0.15) is 17.0 Å². The lowest BCUT2D eigenvalue weighted by molar-refractivity contribution is -0.385. The largest absolute Gasteiger partial charge is 0.444 e. The second-order valence-electron chi connectivity index (χ2n) is 13.5. The van der Waals surface area contributed by atoms with Crippen molar-refractivity contribution in [2.45, 2.75) is 64.2 Å². The molecule has 15 nitrogen and oxygen atoms in total. The molecule has 2 aromatic heterocycles. The highest BCUT2D eigenvalue weighted by Gasteiger charge is 2.31. The van der Waals surface area contributed by atoms with E-state index in [1.54, 1.807) is 82.7 Å². The van der Waals surface area contributed by atoms with Crippen LogP contribution in [0.5, 0.6) is 0 Å². The monoisotopic (exact) mass is 693 g/mol. The number of hydrogen-bond acceptors (Lipinski definition) is 10. The highest BCUT2D eigenvalue weighted by molar-refractivity contribution is 7.89. The van der Waals surface area contributed by atoms with Crippen LogP contribution in [0.4, 0.5) is 21.1 Å². The molecule has 2 aromatic carbocycles. The number of aromatic nitrogens is 3. The zero-order chi connectivity index (χ0) is 35.7. The van der Waals surface area contributed by atoms with Gasteiger partial charge in [-0.2, -0.15) is 9.40 Å². The number of ether oxygens (including phenoxy) is 2. The van der Waals surface area contributed by atoms with Crippen molar-refractivity contribution in [3.05, 3.63) is 82.7 Å². The second-order valence-corrected chi connectivity index (χ2v) is 15.4. The molecule has 0 saturated carbocycles. The minimum atomic E-state index is -4.33. The van der Waals surface area contributed by atoms with Crippen molar-refractivity contribution in [2.24, 2.45) is 0 Å². The maximum Gasteiger partial charge on any atom is 0.416 e. The van der Waals surface area contributed by atoms with Crippen LogP contribution in [0.25, 0.3) is 16.8 Å². The van der Waals surface area contributed by atoms with Crippen LogP contribution in [0.15, 0.2) is 71.9 Å². The number of nitro benzene ring substituents is 1. The molecule has 4 bridgehead atoms. The van der Waals surface area contributed by atoms with E-state index in [-0.39, 0.29) is 49.1 Å². The number of anilines is 1. The third kappa shape index (κ3) is 8.32. The van der Waals surface area contributed by atoms with Gasteiger partial charge in [0, 0.05) is 56.6 Å². The van der Waals surface area contributed by atoms with Gasteiger partial charge in [0.05, 0.1) is 16.0 Å². The normalized spacial score (nSPS) is 15.1. The van der Waals surface area contributed by atoms with Crippen LogP contribution < -0.4 is 4.90 Å². The molecule has 0 N–H and O–H groups in total. The lowest BCUT2D eigenvalue weighted by Gasteiger charge is -2.32. The summed E-state index contributed by atoms with van der Waals surface area (Å²) in [7, 11) is -4.33. The Balaban J connectivity index is 1.65. The molecule has 260 valence electrons. The number of nitro groups is 1. The number of carbonyl (C=O) groups is 2. The van der Waals surface area contributed by atoms with Crippen LogP contribution >= 0.6 is 0 Å². The molecule has 3 heterocycles. The van der Waals surface area contributed by atoms with Gasteiger partial charge in [-0.1, -0.05) is 24.3 Å². The number of carbonyl (C=O) groups excluding carboxylic acids is 2. The predicted octanol–water partition coefficient (Wildman–Crippen LogP) is 5.49. The number of amides is 2. The first-order chi connectivity index (χ1) is 22.9. The molecule has 5 rings (SSSR count). The van der Waals surface area contributed by atoms with E-state index in [4.69, 9.17) is 14.5 Å². The highest BCUT2D eigenvalue weighted by Crippen LogP contribution is 2.29. The highest BCUT2D eigenvalue weighted by atomic mass is 32.2. The summed E-state index contributed by atoms with van der Waals surface area (Å²) < 4.78 is 42.4. The average Bonchev–Trinajstić information content (AvgIpc) is 3.43. The minimum Gasteiger partial charge on any atom is -0.444 e. The van der Waals surface area contributed by atoms with Gasteiger partial charge < -0.3 is 14.4 Å². The Morgan fingerprint density at radius 2 is 1.55 bits per heavy atom. The predicted molar refractivity (Wildman–Crippen MR) is 181 cm³/mol. The molecule has 0 radical (unpaired) electrons. The van der Waals surface area contributed by atoms with Crippen molar-refractivity contribution >= 4 is 39.4 Å². The standard InChI is InChI=1S/C33H39N7O8S/c1-32(2,3)47-30(41)36-15-17-37(49(45,46)26-12-8-11-25(20-26)40(43)44)22-23-9-7-10-24(19-23)27-21-34-39-14-13-28(35-29(27)39)38(18-16-36)31(42)48-33(4,5)6/h7-14,19-21H,15-18,22H2,1-6H3. The molecule has 1 aliphatic heterocycles. The van der Waals surface area contributed by atoms with E-state index >= 15 is 0 Å². The molecule has 1 aliphatic rings. The summed E-state index contributed by atoms with van der Waals surface area (Å²) >= 11 is 0.